The smallest absolute Gasteiger partial charge is 0.243 e. The maximum absolute atomic E-state index is 12.4. The monoisotopic (exact) mass is 335 g/mol. The molecule has 126 valence electrons. The molecule has 2 rings (SSSR count). The number of thioether (sulfide) groups is 1. The van der Waals surface area contributed by atoms with E-state index in [0.29, 0.717) is 24.6 Å². The largest absolute Gasteiger partial charge is 0.352 e. The first-order chi connectivity index (χ1) is 11.1. The van der Waals surface area contributed by atoms with Gasteiger partial charge in [-0.1, -0.05) is 43.7 Å². The fraction of sp³-hybridized carbons (Fsp3) is 0.529. The number of carbonyl (C=O) groups is 2. The number of benzene rings is 1. The molecule has 2 atom stereocenters. The molecule has 6 heteroatoms. The van der Waals surface area contributed by atoms with Crippen molar-refractivity contribution in [3.63, 3.8) is 0 Å². The van der Waals surface area contributed by atoms with E-state index < -0.39 is 0 Å². The van der Waals surface area contributed by atoms with Crippen molar-refractivity contribution >= 4 is 23.6 Å². The van der Waals surface area contributed by atoms with E-state index in [1.54, 1.807) is 16.7 Å². The van der Waals surface area contributed by atoms with E-state index in [0.717, 1.165) is 18.4 Å². The molecule has 1 aliphatic rings. The van der Waals surface area contributed by atoms with Gasteiger partial charge in [-0.05, 0) is 12.0 Å². The average molecular weight is 335 g/mol. The molecule has 2 amide bonds. The van der Waals surface area contributed by atoms with E-state index in [2.05, 4.69) is 12.2 Å². The molecular formula is C17H25N3O2S. The summed E-state index contributed by atoms with van der Waals surface area (Å²) in [6.07, 6.45) is 2.37. The zero-order chi connectivity index (χ0) is 16.7. The van der Waals surface area contributed by atoms with Crippen molar-refractivity contribution in [2.24, 2.45) is 5.73 Å². The molecule has 23 heavy (non-hydrogen) atoms. The van der Waals surface area contributed by atoms with E-state index in [-0.39, 0.29) is 23.9 Å². The summed E-state index contributed by atoms with van der Waals surface area (Å²) in [5.41, 5.74) is 7.09. The molecule has 0 bridgehead atoms. The summed E-state index contributed by atoms with van der Waals surface area (Å²) >= 11 is 1.62. The van der Waals surface area contributed by atoms with Gasteiger partial charge in [0.25, 0.3) is 0 Å². The van der Waals surface area contributed by atoms with Crippen molar-refractivity contribution in [1.29, 1.82) is 0 Å². The fourth-order valence-electron chi connectivity index (χ4n) is 2.52. The van der Waals surface area contributed by atoms with Crippen molar-refractivity contribution in [3.05, 3.63) is 35.9 Å². The Morgan fingerprint density at radius 3 is 2.83 bits per heavy atom. The Balaban J connectivity index is 1.85. The maximum atomic E-state index is 12.4. The van der Waals surface area contributed by atoms with Gasteiger partial charge in [0.2, 0.25) is 11.8 Å². The Kier molecular flexibility index (Phi) is 6.92. The van der Waals surface area contributed by atoms with Gasteiger partial charge in [-0.25, -0.2) is 0 Å². The number of nitrogens with zero attached hydrogens (tertiary/aromatic N) is 1. The number of nitrogens with two attached hydrogens (primary N) is 1. The second kappa shape index (κ2) is 8.93. The highest BCUT2D eigenvalue weighted by Gasteiger charge is 2.34. The quantitative estimate of drug-likeness (QED) is 0.798. The molecule has 0 spiro atoms. The van der Waals surface area contributed by atoms with Gasteiger partial charge in [-0.3, -0.25) is 9.59 Å². The summed E-state index contributed by atoms with van der Waals surface area (Å²) in [5.74, 6) is 1.23. The van der Waals surface area contributed by atoms with Gasteiger partial charge in [-0.15, -0.1) is 11.8 Å². The number of hydrogen-bond donors (Lipinski definition) is 2. The summed E-state index contributed by atoms with van der Waals surface area (Å²) in [5, 5.41) is 2.89. The summed E-state index contributed by atoms with van der Waals surface area (Å²) in [6.45, 7) is 2.43. The van der Waals surface area contributed by atoms with Gasteiger partial charge in [-0.2, -0.15) is 0 Å². The minimum atomic E-state index is -0.368. The zero-order valence-electron chi connectivity index (χ0n) is 13.5. The molecule has 0 saturated carbocycles. The number of nitrogens with one attached hydrogen (secondary N) is 1. The summed E-state index contributed by atoms with van der Waals surface area (Å²) < 4.78 is 0. The zero-order valence-corrected chi connectivity index (χ0v) is 14.3. The Labute approximate surface area is 142 Å². The van der Waals surface area contributed by atoms with Crippen LogP contribution in [0.3, 0.4) is 0 Å². The lowest BCUT2D eigenvalue weighted by molar-refractivity contribution is -0.138. The van der Waals surface area contributed by atoms with Crippen molar-refractivity contribution in [1.82, 2.24) is 10.2 Å². The normalized spacial score (nSPS) is 18.7. The van der Waals surface area contributed by atoms with E-state index in [9.17, 15) is 9.59 Å². The van der Waals surface area contributed by atoms with Gasteiger partial charge < -0.3 is 16.0 Å². The first-order valence-corrected chi connectivity index (χ1v) is 9.24. The van der Waals surface area contributed by atoms with Crippen LogP contribution in [0.1, 0.15) is 37.8 Å². The predicted molar refractivity (Wildman–Crippen MR) is 93.9 cm³/mol. The third kappa shape index (κ3) is 4.97. The molecule has 1 fully saturated rings. The highest BCUT2D eigenvalue weighted by Crippen LogP contribution is 2.22. The fourth-order valence-corrected chi connectivity index (χ4v) is 3.70. The number of rotatable bonds is 7. The third-order valence-corrected chi connectivity index (χ3v) is 4.99. The van der Waals surface area contributed by atoms with Crippen LogP contribution in [0.5, 0.6) is 0 Å². The maximum Gasteiger partial charge on any atom is 0.243 e. The third-order valence-electron chi connectivity index (χ3n) is 3.97. The molecule has 5 nitrogen and oxygen atoms in total. The highest BCUT2D eigenvalue weighted by atomic mass is 32.2. The van der Waals surface area contributed by atoms with E-state index >= 15 is 0 Å². The number of unbranched alkanes of at least 4 members (excludes halogenated alkanes) is 1. The van der Waals surface area contributed by atoms with E-state index in [1.165, 1.54) is 0 Å². The average Bonchev–Trinajstić information content (AvgIpc) is 3.08. The standard InChI is InChI=1S/C17H25N3O2S/c1-2-3-9-16(21)20-12-23-11-15(20)17(22)19-10-14(18)13-7-5-4-6-8-13/h4-8,14-15H,2-3,9-12,18H2,1H3,(H,19,22). The van der Waals surface area contributed by atoms with E-state index in [1.807, 2.05) is 30.3 Å². The van der Waals surface area contributed by atoms with Crippen LogP contribution in [0.15, 0.2) is 30.3 Å². The van der Waals surface area contributed by atoms with E-state index in [4.69, 9.17) is 5.73 Å². The first-order valence-electron chi connectivity index (χ1n) is 8.09. The molecule has 2 unspecified atom stereocenters. The van der Waals surface area contributed by atoms with Crippen LogP contribution in [0.25, 0.3) is 0 Å². The minimum Gasteiger partial charge on any atom is -0.352 e. The van der Waals surface area contributed by atoms with Crippen LogP contribution in [0.2, 0.25) is 0 Å². The Morgan fingerprint density at radius 2 is 2.13 bits per heavy atom. The van der Waals surface area contributed by atoms with Crippen molar-refractivity contribution in [2.45, 2.75) is 38.3 Å². The summed E-state index contributed by atoms with van der Waals surface area (Å²) in [6, 6.07) is 9.08. The van der Waals surface area contributed by atoms with Crippen LogP contribution < -0.4 is 11.1 Å². The predicted octanol–water partition coefficient (Wildman–Crippen LogP) is 1.89. The lowest BCUT2D eigenvalue weighted by Crippen LogP contribution is -2.48. The van der Waals surface area contributed by atoms with Crippen LogP contribution in [0, 0.1) is 0 Å². The lowest BCUT2D eigenvalue weighted by atomic mass is 10.1. The molecule has 0 aromatic heterocycles. The summed E-state index contributed by atoms with van der Waals surface area (Å²) in [7, 11) is 0. The highest BCUT2D eigenvalue weighted by molar-refractivity contribution is 7.99. The topological polar surface area (TPSA) is 75.4 Å². The first kappa shape index (κ1) is 17.8. The molecule has 0 radical (unpaired) electrons. The molecule has 1 aromatic rings. The lowest BCUT2D eigenvalue weighted by Gasteiger charge is -2.24. The van der Waals surface area contributed by atoms with Crippen LogP contribution in [0.4, 0.5) is 0 Å². The Bertz CT molecular complexity index is 524. The van der Waals surface area contributed by atoms with Crippen LogP contribution >= 0.6 is 11.8 Å². The Hall–Kier alpha value is -1.53. The molecular weight excluding hydrogens is 310 g/mol. The second-order valence-electron chi connectivity index (χ2n) is 5.75. The second-order valence-corrected chi connectivity index (χ2v) is 6.74. The van der Waals surface area contributed by atoms with Gasteiger partial charge >= 0.3 is 0 Å². The van der Waals surface area contributed by atoms with Crippen LogP contribution in [-0.4, -0.2) is 40.9 Å². The summed E-state index contributed by atoms with van der Waals surface area (Å²) in [4.78, 5) is 26.3. The van der Waals surface area contributed by atoms with Crippen molar-refractivity contribution in [2.75, 3.05) is 18.2 Å². The van der Waals surface area contributed by atoms with Crippen molar-refractivity contribution in [3.8, 4) is 0 Å². The molecule has 3 N–H and O–H groups in total. The van der Waals surface area contributed by atoms with Gasteiger partial charge in [0.15, 0.2) is 0 Å². The molecule has 0 aliphatic carbocycles. The molecule has 1 heterocycles. The SMILES string of the molecule is CCCCC(=O)N1CSCC1C(=O)NCC(N)c1ccccc1. The van der Waals surface area contributed by atoms with Gasteiger partial charge in [0, 0.05) is 24.8 Å². The molecule has 1 aliphatic heterocycles. The number of amides is 2. The minimum absolute atomic E-state index is 0.0735. The van der Waals surface area contributed by atoms with Crippen LogP contribution in [-0.2, 0) is 9.59 Å². The van der Waals surface area contributed by atoms with Gasteiger partial charge in [0.05, 0.1) is 5.88 Å². The molecule has 1 aromatic carbocycles. The Morgan fingerprint density at radius 1 is 1.39 bits per heavy atom. The van der Waals surface area contributed by atoms with Gasteiger partial charge in [0.1, 0.15) is 6.04 Å². The number of hydrogen-bond acceptors (Lipinski definition) is 4. The number of carbonyl (C=O) groups excluding carboxylic acids is 2. The molecule has 1 saturated heterocycles. The van der Waals surface area contributed by atoms with Crippen molar-refractivity contribution < 1.29 is 9.59 Å².